The molecule has 0 atom stereocenters. The molecule has 3 heterocycles. The van der Waals surface area contributed by atoms with Crippen molar-refractivity contribution in [2.24, 2.45) is 0 Å². The van der Waals surface area contributed by atoms with Crippen molar-refractivity contribution < 1.29 is 0 Å². The van der Waals surface area contributed by atoms with Crippen LogP contribution in [0.4, 0.5) is 5.82 Å². The van der Waals surface area contributed by atoms with Gasteiger partial charge < -0.3 is 4.90 Å². The largest absolute Gasteiger partial charge is 0.353 e. The molecule has 6 nitrogen and oxygen atoms in total. The van der Waals surface area contributed by atoms with Crippen molar-refractivity contribution in [3.05, 3.63) is 18.5 Å². The molecule has 1 aliphatic carbocycles. The first-order chi connectivity index (χ1) is 9.40. The fraction of sp³-hybridized carbons (Fsp3) is 0.615. The molecule has 0 amide bonds. The van der Waals surface area contributed by atoms with Gasteiger partial charge >= 0.3 is 0 Å². The Labute approximate surface area is 112 Å². The molecule has 4 rings (SSSR count). The molecule has 0 aromatic carbocycles. The molecule has 0 N–H and O–H groups in total. The van der Waals surface area contributed by atoms with Gasteiger partial charge in [-0.05, 0) is 25.0 Å². The van der Waals surface area contributed by atoms with Crippen LogP contribution in [0.25, 0.3) is 5.65 Å². The molecule has 6 heteroatoms. The van der Waals surface area contributed by atoms with E-state index in [1.807, 2.05) is 12.1 Å². The monoisotopic (exact) mass is 258 g/mol. The number of aromatic nitrogens is 4. The standard InChI is InChI=1S/C13H18N6/c1-2-11(3-1)17-6-8-18(9-7-17)13-5-4-12-15-14-10-19(12)16-13/h4-5,10-11H,1-3,6-9H2. The van der Waals surface area contributed by atoms with Crippen molar-refractivity contribution in [2.75, 3.05) is 31.1 Å². The number of anilines is 1. The summed E-state index contributed by atoms with van der Waals surface area (Å²) in [6.07, 6.45) is 5.86. The minimum atomic E-state index is 0.803. The van der Waals surface area contributed by atoms with Crippen molar-refractivity contribution >= 4 is 11.5 Å². The summed E-state index contributed by atoms with van der Waals surface area (Å²) in [5.41, 5.74) is 0.803. The van der Waals surface area contributed by atoms with Crippen LogP contribution in [0.5, 0.6) is 0 Å². The van der Waals surface area contributed by atoms with Gasteiger partial charge in [0.25, 0.3) is 0 Å². The van der Waals surface area contributed by atoms with Crippen LogP contribution in [0.2, 0.25) is 0 Å². The number of piperazine rings is 1. The number of hydrogen-bond donors (Lipinski definition) is 0. The van der Waals surface area contributed by atoms with Gasteiger partial charge in [0.1, 0.15) is 12.1 Å². The smallest absolute Gasteiger partial charge is 0.177 e. The summed E-state index contributed by atoms with van der Waals surface area (Å²) in [5, 5.41) is 12.4. The molecule has 0 radical (unpaired) electrons. The first-order valence-electron chi connectivity index (χ1n) is 7.06. The summed E-state index contributed by atoms with van der Waals surface area (Å²) in [7, 11) is 0. The van der Waals surface area contributed by atoms with E-state index in [0.717, 1.165) is 43.7 Å². The Morgan fingerprint density at radius 2 is 1.89 bits per heavy atom. The van der Waals surface area contributed by atoms with Crippen LogP contribution in [0, 0.1) is 0 Å². The second-order valence-electron chi connectivity index (χ2n) is 5.43. The highest BCUT2D eigenvalue weighted by Gasteiger charge is 2.28. The van der Waals surface area contributed by atoms with E-state index in [4.69, 9.17) is 0 Å². The van der Waals surface area contributed by atoms with Crippen molar-refractivity contribution in [1.29, 1.82) is 0 Å². The molecule has 2 fully saturated rings. The van der Waals surface area contributed by atoms with Gasteiger partial charge in [-0.25, -0.2) is 0 Å². The Balaban J connectivity index is 1.47. The van der Waals surface area contributed by atoms with Gasteiger partial charge in [0.15, 0.2) is 5.65 Å². The molecular formula is C13H18N6. The normalized spacial score (nSPS) is 21.8. The fourth-order valence-corrected chi connectivity index (χ4v) is 2.96. The Bertz CT molecular complexity index is 567. The second-order valence-corrected chi connectivity index (χ2v) is 5.43. The third-order valence-corrected chi connectivity index (χ3v) is 4.38. The van der Waals surface area contributed by atoms with Crippen LogP contribution in [-0.2, 0) is 0 Å². The Morgan fingerprint density at radius 1 is 1.05 bits per heavy atom. The van der Waals surface area contributed by atoms with Crippen LogP contribution in [-0.4, -0.2) is 56.9 Å². The summed E-state index contributed by atoms with van der Waals surface area (Å²) in [6, 6.07) is 4.88. The Morgan fingerprint density at radius 3 is 2.63 bits per heavy atom. The third-order valence-electron chi connectivity index (χ3n) is 4.38. The first-order valence-corrected chi connectivity index (χ1v) is 7.06. The molecule has 100 valence electrons. The van der Waals surface area contributed by atoms with E-state index in [1.165, 1.54) is 19.3 Å². The Hall–Kier alpha value is -1.69. The average Bonchev–Trinajstić information content (AvgIpc) is 2.85. The van der Waals surface area contributed by atoms with Crippen molar-refractivity contribution in [3.63, 3.8) is 0 Å². The van der Waals surface area contributed by atoms with Crippen LogP contribution >= 0.6 is 0 Å². The summed E-state index contributed by atoms with van der Waals surface area (Å²) >= 11 is 0. The summed E-state index contributed by atoms with van der Waals surface area (Å²) in [4.78, 5) is 4.99. The van der Waals surface area contributed by atoms with E-state index >= 15 is 0 Å². The van der Waals surface area contributed by atoms with Gasteiger partial charge in [-0.15, -0.1) is 15.3 Å². The molecular weight excluding hydrogens is 240 g/mol. The summed E-state index contributed by atoms with van der Waals surface area (Å²) in [6.45, 7) is 4.45. The molecule has 0 bridgehead atoms. The zero-order chi connectivity index (χ0) is 12.7. The molecule has 2 aromatic rings. The van der Waals surface area contributed by atoms with E-state index in [0.29, 0.717) is 0 Å². The number of rotatable bonds is 2. The van der Waals surface area contributed by atoms with Crippen LogP contribution < -0.4 is 4.90 Å². The number of fused-ring (bicyclic) bond motifs is 1. The zero-order valence-electron chi connectivity index (χ0n) is 10.9. The number of hydrogen-bond acceptors (Lipinski definition) is 5. The molecule has 0 unspecified atom stereocenters. The molecule has 2 aliphatic rings. The number of nitrogens with zero attached hydrogens (tertiary/aromatic N) is 6. The van der Waals surface area contributed by atoms with Crippen LogP contribution in [0.3, 0.4) is 0 Å². The van der Waals surface area contributed by atoms with Crippen LogP contribution in [0.15, 0.2) is 18.5 Å². The fourth-order valence-electron chi connectivity index (χ4n) is 2.96. The van der Waals surface area contributed by atoms with Crippen molar-refractivity contribution in [2.45, 2.75) is 25.3 Å². The van der Waals surface area contributed by atoms with E-state index in [9.17, 15) is 0 Å². The molecule has 1 aliphatic heterocycles. The Kier molecular flexibility index (Phi) is 2.61. The minimum absolute atomic E-state index is 0.803. The van der Waals surface area contributed by atoms with Gasteiger partial charge in [0.05, 0.1) is 0 Å². The highest BCUT2D eigenvalue weighted by Crippen LogP contribution is 2.26. The van der Waals surface area contributed by atoms with E-state index in [-0.39, 0.29) is 0 Å². The predicted molar refractivity (Wildman–Crippen MR) is 72.2 cm³/mol. The lowest BCUT2D eigenvalue weighted by Crippen LogP contribution is -2.52. The summed E-state index contributed by atoms with van der Waals surface area (Å²) < 4.78 is 1.74. The van der Waals surface area contributed by atoms with Crippen molar-refractivity contribution in [1.82, 2.24) is 24.7 Å². The van der Waals surface area contributed by atoms with Gasteiger partial charge in [-0.1, -0.05) is 6.42 Å². The van der Waals surface area contributed by atoms with Gasteiger partial charge in [-0.3, -0.25) is 4.90 Å². The van der Waals surface area contributed by atoms with Gasteiger partial charge in [0, 0.05) is 32.2 Å². The SMILES string of the molecule is c1cc2nncn2nc1N1CCN(C2CCC2)CC1. The van der Waals surface area contributed by atoms with Crippen molar-refractivity contribution in [3.8, 4) is 0 Å². The lowest BCUT2D eigenvalue weighted by Gasteiger charge is -2.43. The quantitative estimate of drug-likeness (QED) is 0.797. The van der Waals surface area contributed by atoms with Gasteiger partial charge in [0.2, 0.25) is 0 Å². The van der Waals surface area contributed by atoms with Gasteiger partial charge in [-0.2, -0.15) is 4.52 Å². The van der Waals surface area contributed by atoms with E-state index in [2.05, 4.69) is 25.1 Å². The maximum Gasteiger partial charge on any atom is 0.177 e. The average molecular weight is 258 g/mol. The molecule has 1 saturated heterocycles. The highest BCUT2D eigenvalue weighted by atomic mass is 15.4. The lowest BCUT2D eigenvalue weighted by molar-refractivity contribution is 0.120. The lowest BCUT2D eigenvalue weighted by atomic mass is 9.91. The topological polar surface area (TPSA) is 49.6 Å². The molecule has 19 heavy (non-hydrogen) atoms. The maximum absolute atomic E-state index is 4.56. The minimum Gasteiger partial charge on any atom is -0.353 e. The van der Waals surface area contributed by atoms with Crippen LogP contribution in [0.1, 0.15) is 19.3 Å². The summed E-state index contributed by atoms with van der Waals surface area (Å²) in [5.74, 6) is 1.03. The maximum atomic E-state index is 4.56. The van der Waals surface area contributed by atoms with E-state index in [1.54, 1.807) is 10.8 Å². The molecule has 0 spiro atoms. The predicted octanol–water partition coefficient (Wildman–Crippen LogP) is 0.799. The first kappa shape index (κ1) is 11.2. The molecule has 1 saturated carbocycles. The third kappa shape index (κ3) is 1.96. The molecule has 2 aromatic heterocycles. The second kappa shape index (κ2) is 4.45. The highest BCUT2D eigenvalue weighted by molar-refractivity contribution is 5.45. The zero-order valence-corrected chi connectivity index (χ0v) is 10.9. The van der Waals surface area contributed by atoms with E-state index < -0.39 is 0 Å².